The van der Waals surface area contributed by atoms with Gasteiger partial charge in [-0.1, -0.05) is 30.3 Å². The Labute approximate surface area is 112 Å². The van der Waals surface area contributed by atoms with Crippen LogP contribution in [-0.4, -0.2) is 17.7 Å². The second kappa shape index (κ2) is 5.02. The molecule has 3 rings (SSSR count). The second-order valence-electron chi connectivity index (χ2n) is 5.07. The van der Waals surface area contributed by atoms with E-state index in [1.165, 1.54) is 5.56 Å². The average Bonchev–Trinajstić information content (AvgIpc) is 2.96. The summed E-state index contributed by atoms with van der Waals surface area (Å²) in [4.78, 5) is 14.3. The summed E-state index contributed by atoms with van der Waals surface area (Å²) in [6.07, 6.45) is 2.78. The smallest absolute Gasteiger partial charge is 0.136 e. The summed E-state index contributed by atoms with van der Waals surface area (Å²) in [7, 11) is 2.07. The number of hydrogen-bond donors (Lipinski definition) is 0. The number of rotatable bonds is 2. The van der Waals surface area contributed by atoms with Gasteiger partial charge in [-0.3, -0.25) is 9.69 Å². The van der Waals surface area contributed by atoms with Gasteiger partial charge in [-0.15, -0.1) is 0 Å². The Morgan fingerprint density at radius 1 is 1.05 bits per heavy atom. The molecule has 2 unspecified atom stereocenters. The van der Waals surface area contributed by atoms with Crippen molar-refractivity contribution in [3.05, 3.63) is 60.1 Å². The van der Waals surface area contributed by atoms with Crippen LogP contribution in [0.3, 0.4) is 0 Å². The average molecular weight is 255 g/mol. The highest BCUT2D eigenvalue weighted by Gasteiger charge is 2.35. The molecule has 2 aromatic rings. The van der Waals surface area contributed by atoms with Crippen LogP contribution in [0.5, 0.6) is 0 Å². The molecule has 1 aliphatic heterocycles. The van der Waals surface area contributed by atoms with Crippen molar-refractivity contribution in [2.75, 3.05) is 7.05 Å². The molecule has 0 spiro atoms. The largest absolute Gasteiger partial charge is 0.468 e. The van der Waals surface area contributed by atoms with Gasteiger partial charge in [-0.25, -0.2) is 0 Å². The maximum Gasteiger partial charge on any atom is 0.136 e. The summed E-state index contributed by atoms with van der Waals surface area (Å²) in [5.41, 5.74) is 1.19. The molecular weight excluding hydrogens is 238 g/mol. The minimum absolute atomic E-state index is 0.0430. The molecule has 98 valence electrons. The van der Waals surface area contributed by atoms with Gasteiger partial charge in [0, 0.05) is 18.9 Å². The summed E-state index contributed by atoms with van der Waals surface area (Å²) in [5.74, 6) is 1.17. The number of ketones is 1. The van der Waals surface area contributed by atoms with E-state index in [0.29, 0.717) is 18.6 Å². The molecule has 0 bridgehead atoms. The lowest BCUT2D eigenvalue weighted by Gasteiger charge is -2.38. The van der Waals surface area contributed by atoms with Gasteiger partial charge < -0.3 is 4.42 Å². The Kier molecular flexibility index (Phi) is 3.22. The molecule has 1 saturated heterocycles. The SMILES string of the molecule is CN1C(c2ccccc2)CC(=O)CC1c1ccco1. The van der Waals surface area contributed by atoms with E-state index in [2.05, 4.69) is 24.1 Å². The van der Waals surface area contributed by atoms with Gasteiger partial charge in [0.2, 0.25) is 0 Å². The number of benzene rings is 1. The predicted octanol–water partition coefficient (Wildman–Crippen LogP) is 3.36. The first-order chi connectivity index (χ1) is 9.25. The first-order valence-corrected chi connectivity index (χ1v) is 6.57. The van der Waals surface area contributed by atoms with E-state index in [9.17, 15) is 4.79 Å². The summed E-state index contributed by atoms with van der Waals surface area (Å²) in [6, 6.07) is 14.2. The zero-order chi connectivity index (χ0) is 13.2. The lowest BCUT2D eigenvalue weighted by molar-refractivity contribution is -0.125. The quantitative estimate of drug-likeness (QED) is 0.825. The third-order valence-electron chi connectivity index (χ3n) is 3.88. The Balaban J connectivity index is 1.91. The molecule has 3 heteroatoms. The van der Waals surface area contributed by atoms with Crippen LogP contribution in [0, 0.1) is 0 Å². The van der Waals surface area contributed by atoms with Crippen LogP contribution in [0.2, 0.25) is 0 Å². The van der Waals surface area contributed by atoms with E-state index in [1.54, 1.807) is 6.26 Å². The molecule has 19 heavy (non-hydrogen) atoms. The zero-order valence-corrected chi connectivity index (χ0v) is 11.0. The summed E-state index contributed by atoms with van der Waals surface area (Å²) in [6.45, 7) is 0. The zero-order valence-electron chi connectivity index (χ0n) is 11.0. The highest BCUT2D eigenvalue weighted by molar-refractivity contribution is 5.80. The maximum absolute atomic E-state index is 12.0. The number of carbonyl (C=O) groups is 1. The van der Waals surface area contributed by atoms with Gasteiger partial charge in [-0.2, -0.15) is 0 Å². The minimum atomic E-state index is 0.0430. The Morgan fingerprint density at radius 2 is 1.79 bits per heavy atom. The summed E-state index contributed by atoms with van der Waals surface area (Å²) < 4.78 is 5.48. The predicted molar refractivity (Wildman–Crippen MR) is 72.6 cm³/mol. The van der Waals surface area contributed by atoms with Gasteiger partial charge in [0.1, 0.15) is 11.5 Å². The van der Waals surface area contributed by atoms with Crippen molar-refractivity contribution in [3.8, 4) is 0 Å². The van der Waals surface area contributed by atoms with Crippen molar-refractivity contribution in [1.29, 1.82) is 0 Å². The van der Waals surface area contributed by atoms with Crippen LogP contribution >= 0.6 is 0 Å². The molecule has 1 aromatic heterocycles. The fraction of sp³-hybridized carbons (Fsp3) is 0.312. The molecule has 0 aliphatic carbocycles. The molecule has 0 amide bonds. The van der Waals surface area contributed by atoms with Gasteiger partial charge in [0.25, 0.3) is 0 Å². The molecule has 2 atom stereocenters. The Hall–Kier alpha value is -1.87. The van der Waals surface area contributed by atoms with E-state index in [0.717, 1.165) is 5.76 Å². The number of hydrogen-bond acceptors (Lipinski definition) is 3. The molecule has 0 saturated carbocycles. The van der Waals surface area contributed by atoms with E-state index in [1.807, 2.05) is 30.3 Å². The van der Waals surface area contributed by atoms with Crippen molar-refractivity contribution in [3.63, 3.8) is 0 Å². The number of Topliss-reactive ketones (excluding diaryl/α,β-unsaturated/α-hetero) is 1. The number of likely N-dealkylation sites (tertiary alicyclic amines) is 1. The fourth-order valence-corrected chi connectivity index (χ4v) is 2.83. The van der Waals surface area contributed by atoms with Crippen molar-refractivity contribution in [2.24, 2.45) is 0 Å². The molecule has 0 N–H and O–H groups in total. The molecular formula is C16H17NO2. The van der Waals surface area contributed by atoms with Gasteiger partial charge >= 0.3 is 0 Å². The lowest BCUT2D eigenvalue weighted by Crippen LogP contribution is -2.36. The molecule has 1 aliphatic rings. The topological polar surface area (TPSA) is 33.5 Å². The molecule has 2 heterocycles. The Bertz CT molecular complexity index is 547. The fourth-order valence-electron chi connectivity index (χ4n) is 2.83. The minimum Gasteiger partial charge on any atom is -0.468 e. The normalized spacial score (nSPS) is 24.6. The highest BCUT2D eigenvalue weighted by atomic mass is 16.3. The van der Waals surface area contributed by atoms with E-state index in [-0.39, 0.29) is 12.1 Å². The molecule has 0 radical (unpaired) electrons. The molecule has 1 fully saturated rings. The van der Waals surface area contributed by atoms with Gasteiger partial charge in [0.05, 0.1) is 12.3 Å². The standard InChI is InChI=1S/C16H17NO2/c1-17-14(12-6-3-2-4-7-12)10-13(18)11-15(17)16-8-5-9-19-16/h2-9,14-15H,10-11H2,1H3. The van der Waals surface area contributed by atoms with E-state index < -0.39 is 0 Å². The highest BCUT2D eigenvalue weighted by Crippen LogP contribution is 2.38. The van der Waals surface area contributed by atoms with Crippen molar-refractivity contribution < 1.29 is 9.21 Å². The van der Waals surface area contributed by atoms with E-state index in [4.69, 9.17) is 4.42 Å². The second-order valence-corrected chi connectivity index (χ2v) is 5.07. The lowest BCUT2D eigenvalue weighted by atomic mass is 9.89. The van der Waals surface area contributed by atoms with Gasteiger partial charge in [-0.05, 0) is 24.7 Å². The third-order valence-corrected chi connectivity index (χ3v) is 3.88. The molecule has 1 aromatic carbocycles. The number of furan rings is 1. The molecule has 3 nitrogen and oxygen atoms in total. The monoisotopic (exact) mass is 255 g/mol. The van der Waals surface area contributed by atoms with Crippen LogP contribution in [0.1, 0.15) is 36.2 Å². The summed E-state index contributed by atoms with van der Waals surface area (Å²) in [5, 5.41) is 0. The van der Waals surface area contributed by atoms with Crippen molar-refractivity contribution >= 4 is 5.78 Å². The van der Waals surface area contributed by atoms with Crippen molar-refractivity contribution in [1.82, 2.24) is 4.90 Å². The van der Waals surface area contributed by atoms with Crippen LogP contribution < -0.4 is 0 Å². The van der Waals surface area contributed by atoms with Crippen LogP contribution in [0.4, 0.5) is 0 Å². The van der Waals surface area contributed by atoms with Crippen LogP contribution in [0.15, 0.2) is 53.1 Å². The van der Waals surface area contributed by atoms with Crippen molar-refractivity contribution in [2.45, 2.75) is 24.9 Å². The maximum atomic E-state index is 12.0. The number of piperidine rings is 1. The Morgan fingerprint density at radius 3 is 2.47 bits per heavy atom. The van der Waals surface area contributed by atoms with Gasteiger partial charge in [0.15, 0.2) is 0 Å². The van der Waals surface area contributed by atoms with E-state index >= 15 is 0 Å². The first-order valence-electron chi connectivity index (χ1n) is 6.57. The number of carbonyl (C=O) groups excluding carboxylic acids is 1. The summed E-state index contributed by atoms with van der Waals surface area (Å²) >= 11 is 0. The first kappa shape index (κ1) is 12.2. The number of nitrogens with zero attached hydrogens (tertiary/aromatic N) is 1. The third kappa shape index (κ3) is 2.34. The van der Waals surface area contributed by atoms with Crippen LogP contribution in [0.25, 0.3) is 0 Å². The van der Waals surface area contributed by atoms with Crippen LogP contribution in [-0.2, 0) is 4.79 Å².